The van der Waals surface area contributed by atoms with Gasteiger partial charge in [-0.15, -0.1) is 0 Å². The van der Waals surface area contributed by atoms with Crippen LogP contribution in [0.4, 0.5) is 28.8 Å². The van der Waals surface area contributed by atoms with Gasteiger partial charge in [-0.3, -0.25) is 15.0 Å². The molecule has 0 saturated carbocycles. The summed E-state index contributed by atoms with van der Waals surface area (Å²) in [7, 11) is 0. The number of fused-ring (bicyclic) bond motifs is 1. The fraction of sp³-hybridized carbons (Fsp3) is 0.375. The Kier molecular flexibility index (Phi) is 9.42. The van der Waals surface area contributed by atoms with E-state index in [0.717, 1.165) is 25.7 Å². The number of hydrogen-bond acceptors (Lipinski definition) is 8. The van der Waals surface area contributed by atoms with Crippen LogP contribution in [0.5, 0.6) is 0 Å². The first-order valence-corrected chi connectivity index (χ1v) is 15.4. The monoisotopic (exact) mass is 640 g/mol. The van der Waals surface area contributed by atoms with Crippen LogP contribution in [0.25, 0.3) is 21.6 Å². The van der Waals surface area contributed by atoms with Crippen LogP contribution in [0.1, 0.15) is 49.2 Å². The molecule has 2 aromatic heterocycles. The quantitative estimate of drug-likeness (QED) is 0.222. The van der Waals surface area contributed by atoms with E-state index in [2.05, 4.69) is 32.4 Å². The van der Waals surface area contributed by atoms with Crippen molar-refractivity contribution < 1.29 is 27.5 Å². The maximum Gasteiger partial charge on any atom is 0.416 e. The van der Waals surface area contributed by atoms with Crippen LogP contribution in [-0.4, -0.2) is 70.1 Å². The van der Waals surface area contributed by atoms with Gasteiger partial charge in [0.25, 0.3) is 5.91 Å². The second-order valence-electron chi connectivity index (χ2n) is 11.8. The van der Waals surface area contributed by atoms with Gasteiger partial charge in [0.2, 0.25) is 0 Å². The molecule has 1 aliphatic rings. The summed E-state index contributed by atoms with van der Waals surface area (Å²) in [6.45, 7) is 11.5. The molecule has 1 aliphatic heterocycles. The Bertz CT molecular complexity index is 1690. The highest BCUT2D eigenvalue weighted by Crippen LogP contribution is 2.35. The third-order valence-electron chi connectivity index (χ3n) is 7.26. The number of ether oxygens (including phenoxy) is 1. The lowest BCUT2D eigenvalue weighted by atomic mass is 10.0. The Hall–Kier alpha value is -4.07. The molecular formula is C32H35F3N6O3S. The number of pyridine rings is 1. The average molecular weight is 641 g/mol. The van der Waals surface area contributed by atoms with Crippen molar-refractivity contribution in [2.45, 2.75) is 46.0 Å². The highest BCUT2D eigenvalue weighted by molar-refractivity contribution is 7.21. The van der Waals surface area contributed by atoms with Crippen molar-refractivity contribution in [3.8, 4) is 11.3 Å². The van der Waals surface area contributed by atoms with Crippen LogP contribution in [-0.2, 0) is 17.5 Å². The first kappa shape index (κ1) is 32.3. The standard InChI is InChI=1S/C32H35F3N6O3S/c1-5-40-13-15-41(16-14-40)19-22-9-10-23(18-24(22)32(33,34)35)36-27(42)21-8-6-7-20(17-21)25-11-12-26-28(37-25)45-29(38-26)39-30(43)44-31(2,3)4/h6-12,17-18H,5,13-16,19H2,1-4H3,(H,36,42)(H,38,39,43). The summed E-state index contributed by atoms with van der Waals surface area (Å²) >= 11 is 1.18. The maximum absolute atomic E-state index is 14.1. The average Bonchev–Trinajstić information content (AvgIpc) is 3.38. The number of hydrogen-bond donors (Lipinski definition) is 2. The number of rotatable bonds is 7. The maximum atomic E-state index is 14.1. The lowest BCUT2D eigenvalue weighted by molar-refractivity contribution is -0.138. The minimum atomic E-state index is -4.57. The van der Waals surface area contributed by atoms with E-state index in [-0.39, 0.29) is 23.4 Å². The number of carbonyl (C=O) groups excluding carboxylic acids is 2. The highest BCUT2D eigenvalue weighted by Gasteiger charge is 2.34. The Balaban J connectivity index is 1.30. The van der Waals surface area contributed by atoms with E-state index in [1.54, 1.807) is 57.2 Å². The van der Waals surface area contributed by atoms with Crippen LogP contribution < -0.4 is 10.6 Å². The van der Waals surface area contributed by atoms with E-state index in [9.17, 15) is 22.8 Å². The molecule has 3 heterocycles. The largest absolute Gasteiger partial charge is 0.444 e. The number of thiazole rings is 1. The van der Waals surface area contributed by atoms with E-state index in [4.69, 9.17) is 4.74 Å². The van der Waals surface area contributed by atoms with Crippen molar-refractivity contribution >= 4 is 44.5 Å². The minimum absolute atomic E-state index is 0.0616. The van der Waals surface area contributed by atoms with Gasteiger partial charge in [0.05, 0.1) is 11.3 Å². The lowest BCUT2D eigenvalue weighted by Crippen LogP contribution is -2.45. The summed E-state index contributed by atoms with van der Waals surface area (Å²) in [5.74, 6) is -0.545. The Labute approximate surface area is 263 Å². The second-order valence-corrected chi connectivity index (χ2v) is 12.8. The molecule has 238 valence electrons. The van der Waals surface area contributed by atoms with Crippen LogP contribution in [0, 0.1) is 0 Å². The molecule has 45 heavy (non-hydrogen) atoms. The van der Waals surface area contributed by atoms with Gasteiger partial charge in [0.15, 0.2) is 5.13 Å². The van der Waals surface area contributed by atoms with E-state index in [0.29, 0.717) is 39.8 Å². The molecular weight excluding hydrogens is 605 g/mol. The van der Waals surface area contributed by atoms with Gasteiger partial charge in [0.1, 0.15) is 15.9 Å². The number of alkyl halides is 3. The Morgan fingerprint density at radius 3 is 2.36 bits per heavy atom. The zero-order valence-electron chi connectivity index (χ0n) is 25.5. The van der Waals surface area contributed by atoms with Gasteiger partial charge in [-0.25, -0.2) is 14.8 Å². The Morgan fingerprint density at radius 1 is 0.933 bits per heavy atom. The zero-order chi connectivity index (χ0) is 32.4. The van der Waals surface area contributed by atoms with Crippen molar-refractivity contribution in [1.29, 1.82) is 0 Å². The fourth-order valence-electron chi connectivity index (χ4n) is 5.01. The van der Waals surface area contributed by atoms with Gasteiger partial charge >= 0.3 is 12.3 Å². The minimum Gasteiger partial charge on any atom is -0.444 e. The number of amides is 2. The SMILES string of the molecule is CCN1CCN(Cc2ccc(NC(=O)c3cccc(-c4ccc5nc(NC(=O)OC(C)(C)C)sc5n4)c3)cc2C(F)(F)F)CC1. The third-order valence-corrected chi connectivity index (χ3v) is 8.14. The molecule has 0 bridgehead atoms. The number of halogens is 3. The molecule has 9 nitrogen and oxygen atoms in total. The van der Waals surface area contributed by atoms with Gasteiger partial charge in [-0.1, -0.05) is 36.5 Å². The normalized spacial score (nSPS) is 14.8. The molecule has 13 heteroatoms. The molecule has 0 aliphatic carbocycles. The highest BCUT2D eigenvalue weighted by atomic mass is 32.1. The molecule has 0 spiro atoms. The van der Waals surface area contributed by atoms with Gasteiger partial charge < -0.3 is 15.0 Å². The second kappa shape index (κ2) is 13.1. The molecule has 2 amide bonds. The van der Waals surface area contributed by atoms with E-state index in [1.165, 1.54) is 23.5 Å². The number of piperazine rings is 1. The summed E-state index contributed by atoms with van der Waals surface area (Å²) in [5.41, 5.74) is 0.871. The fourth-order valence-corrected chi connectivity index (χ4v) is 5.83. The number of aromatic nitrogens is 2. The van der Waals surface area contributed by atoms with Gasteiger partial charge in [-0.05, 0) is 69.3 Å². The third kappa shape index (κ3) is 8.35. The van der Waals surface area contributed by atoms with E-state index < -0.39 is 29.3 Å². The molecule has 0 unspecified atom stereocenters. The van der Waals surface area contributed by atoms with Crippen molar-refractivity contribution in [2.75, 3.05) is 43.4 Å². The lowest BCUT2D eigenvalue weighted by Gasteiger charge is -2.34. The van der Waals surface area contributed by atoms with Crippen molar-refractivity contribution in [3.63, 3.8) is 0 Å². The first-order valence-electron chi connectivity index (χ1n) is 14.6. The van der Waals surface area contributed by atoms with Crippen LogP contribution >= 0.6 is 11.3 Å². The predicted octanol–water partition coefficient (Wildman–Crippen LogP) is 7.11. The number of anilines is 2. The molecule has 2 N–H and O–H groups in total. The van der Waals surface area contributed by atoms with Crippen LogP contribution in [0.15, 0.2) is 54.6 Å². The van der Waals surface area contributed by atoms with Crippen LogP contribution in [0.3, 0.4) is 0 Å². The number of nitrogens with one attached hydrogen (secondary N) is 2. The molecule has 1 saturated heterocycles. The smallest absolute Gasteiger partial charge is 0.416 e. The summed E-state index contributed by atoms with van der Waals surface area (Å²) in [6, 6.07) is 14.1. The van der Waals surface area contributed by atoms with E-state index in [1.807, 2.05) is 4.90 Å². The van der Waals surface area contributed by atoms with Gasteiger partial charge in [0, 0.05) is 49.5 Å². The topological polar surface area (TPSA) is 99.7 Å². The molecule has 4 aromatic rings. The summed E-state index contributed by atoms with van der Waals surface area (Å²) in [6.07, 6.45) is -5.19. The van der Waals surface area contributed by atoms with Crippen LogP contribution in [0.2, 0.25) is 0 Å². The number of benzene rings is 2. The zero-order valence-corrected chi connectivity index (χ0v) is 26.3. The molecule has 0 atom stereocenters. The first-order chi connectivity index (χ1) is 21.3. The number of likely N-dealkylation sites (N-methyl/N-ethyl adjacent to an activating group) is 1. The molecule has 0 radical (unpaired) electrons. The molecule has 1 fully saturated rings. The Morgan fingerprint density at radius 2 is 1.67 bits per heavy atom. The number of nitrogens with zero attached hydrogens (tertiary/aromatic N) is 4. The summed E-state index contributed by atoms with van der Waals surface area (Å²) < 4.78 is 47.5. The van der Waals surface area contributed by atoms with Crippen molar-refractivity contribution in [1.82, 2.24) is 19.8 Å². The predicted molar refractivity (Wildman–Crippen MR) is 169 cm³/mol. The van der Waals surface area contributed by atoms with E-state index >= 15 is 0 Å². The summed E-state index contributed by atoms with van der Waals surface area (Å²) in [5, 5.41) is 5.57. The summed E-state index contributed by atoms with van der Waals surface area (Å²) in [4.78, 5) is 39.2. The molecule has 2 aromatic carbocycles. The van der Waals surface area contributed by atoms with Crippen molar-refractivity contribution in [2.24, 2.45) is 0 Å². The number of carbonyl (C=O) groups is 2. The molecule has 5 rings (SSSR count). The van der Waals surface area contributed by atoms with Gasteiger partial charge in [-0.2, -0.15) is 13.2 Å². The van der Waals surface area contributed by atoms with Crippen molar-refractivity contribution in [3.05, 3.63) is 71.3 Å².